The van der Waals surface area contributed by atoms with Crippen molar-refractivity contribution in [2.24, 2.45) is 0 Å². The molecule has 0 saturated carbocycles. The van der Waals surface area contributed by atoms with Crippen LogP contribution >= 0.6 is 11.8 Å². The molecule has 1 amide bonds. The van der Waals surface area contributed by atoms with E-state index >= 15 is 0 Å². The SMILES string of the molecule is CSc1ccc(C(=O)O[C@H](C)C(=O)N[C@@H](C)CCc2ccccc2)cc1[N+](=O)[O-]. The lowest BCUT2D eigenvalue weighted by molar-refractivity contribution is -0.387. The van der Waals surface area contributed by atoms with E-state index in [1.807, 2.05) is 37.3 Å². The van der Waals surface area contributed by atoms with E-state index in [2.05, 4.69) is 5.32 Å². The molecule has 8 heteroatoms. The third-order valence-electron chi connectivity index (χ3n) is 4.36. The maximum atomic E-state index is 12.3. The number of aryl methyl sites for hydroxylation is 1. The number of carbonyl (C=O) groups is 2. The molecular formula is C21H24N2O5S. The molecule has 0 spiro atoms. The molecule has 0 radical (unpaired) electrons. The van der Waals surface area contributed by atoms with Crippen molar-refractivity contribution >= 4 is 29.3 Å². The maximum absolute atomic E-state index is 12.3. The molecule has 0 bridgehead atoms. The average Bonchev–Trinajstić information content (AvgIpc) is 2.72. The zero-order valence-electron chi connectivity index (χ0n) is 16.6. The highest BCUT2D eigenvalue weighted by Crippen LogP contribution is 2.28. The molecule has 154 valence electrons. The van der Waals surface area contributed by atoms with E-state index in [0.717, 1.165) is 12.8 Å². The predicted molar refractivity (Wildman–Crippen MR) is 112 cm³/mol. The number of carbonyl (C=O) groups excluding carboxylic acids is 2. The van der Waals surface area contributed by atoms with Crippen molar-refractivity contribution in [1.29, 1.82) is 0 Å². The predicted octanol–water partition coefficient (Wildman–Crippen LogP) is 4.00. The number of thioether (sulfide) groups is 1. The van der Waals surface area contributed by atoms with Gasteiger partial charge in [0.05, 0.1) is 15.4 Å². The van der Waals surface area contributed by atoms with Crippen LogP contribution in [0.5, 0.6) is 0 Å². The van der Waals surface area contributed by atoms with Crippen LogP contribution in [0.4, 0.5) is 5.69 Å². The molecule has 0 aliphatic rings. The molecular weight excluding hydrogens is 392 g/mol. The van der Waals surface area contributed by atoms with Crippen molar-refractivity contribution < 1.29 is 19.2 Å². The zero-order chi connectivity index (χ0) is 21.4. The third-order valence-corrected chi connectivity index (χ3v) is 5.15. The summed E-state index contributed by atoms with van der Waals surface area (Å²) in [5.74, 6) is -1.19. The molecule has 7 nitrogen and oxygen atoms in total. The van der Waals surface area contributed by atoms with Crippen LogP contribution in [0.15, 0.2) is 53.4 Å². The highest BCUT2D eigenvalue weighted by atomic mass is 32.2. The fraction of sp³-hybridized carbons (Fsp3) is 0.333. The zero-order valence-corrected chi connectivity index (χ0v) is 17.4. The second-order valence-electron chi connectivity index (χ2n) is 6.63. The van der Waals surface area contributed by atoms with Gasteiger partial charge in [0.25, 0.3) is 11.6 Å². The van der Waals surface area contributed by atoms with Gasteiger partial charge < -0.3 is 10.1 Å². The van der Waals surface area contributed by atoms with E-state index in [9.17, 15) is 19.7 Å². The Kier molecular flexibility index (Phi) is 8.21. The number of nitro benzene ring substituents is 1. The van der Waals surface area contributed by atoms with Gasteiger partial charge in [-0.25, -0.2) is 4.79 Å². The van der Waals surface area contributed by atoms with E-state index in [0.29, 0.717) is 4.90 Å². The van der Waals surface area contributed by atoms with Gasteiger partial charge in [0, 0.05) is 12.1 Å². The molecule has 2 aromatic carbocycles. The number of nitrogens with one attached hydrogen (secondary N) is 1. The Labute approximate surface area is 174 Å². The van der Waals surface area contributed by atoms with Crippen LogP contribution in [0.2, 0.25) is 0 Å². The lowest BCUT2D eigenvalue weighted by Crippen LogP contribution is -2.41. The number of nitro groups is 1. The van der Waals surface area contributed by atoms with E-state index in [1.165, 1.54) is 42.4 Å². The monoisotopic (exact) mass is 416 g/mol. The highest BCUT2D eigenvalue weighted by Gasteiger charge is 2.23. The molecule has 0 unspecified atom stereocenters. The molecule has 1 N–H and O–H groups in total. The van der Waals surface area contributed by atoms with E-state index in [1.54, 1.807) is 6.26 Å². The van der Waals surface area contributed by atoms with Gasteiger partial charge in [0.1, 0.15) is 0 Å². The summed E-state index contributed by atoms with van der Waals surface area (Å²) in [6, 6.07) is 14.0. The van der Waals surface area contributed by atoms with Crippen LogP contribution in [-0.4, -0.2) is 35.2 Å². The molecule has 2 atom stereocenters. The molecule has 0 aromatic heterocycles. The summed E-state index contributed by atoms with van der Waals surface area (Å²) in [5.41, 5.74) is 1.05. The molecule has 29 heavy (non-hydrogen) atoms. The first-order chi connectivity index (χ1) is 13.8. The smallest absolute Gasteiger partial charge is 0.339 e. The second-order valence-corrected chi connectivity index (χ2v) is 7.47. The Bertz CT molecular complexity index is 873. The minimum absolute atomic E-state index is 0.0336. The van der Waals surface area contributed by atoms with Crippen LogP contribution < -0.4 is 5.32 Å². The summed E-state index contributed by atoms with van der Waals surface area (Å²) in [7, 11) is 0. The van der Waals surface area contributed by atoms with Crippen molar-refractivity contribution in [1.82, 2.24) is 5.32 Å². The van der Waals surface area contributed by atoms with Gasteiger partial charge in [-0.1, -0.05) is 30.3 Å². The number of benzene rings is 2. The molecule has 0 aliphatic carbocycles. The van der Waals surface area contributed by atoms with Crippen LogP contribution in [0.3, 0.4) is 0 Å². The molecule has 0 fully saturated rings. The maximum Gasteiger partial charge on any atom is 0.339 e. The summed E-state index contributed by atoms with van der Waals surface area (Å²) in [6.45, 7) is 3.36. The van der Waals surface area contributed by atoms with Gasteiger partial charge >= 0.3 is 5.97 Å². The van der Waals surface area contributed by atoms with E-state index in [4.69, 9.17) is 4.74 Å². The summed E-state index contributed by atoms with van der Waals surface area (Å²) in [6.07, 6.45) is 2.27. The fourth-order valence-electron chi connectivity index (χ4n) is 2.70. The van der Waals surface area contributed by atoms with Gasteiger partial charge in [-0.15, -0.1) is 11.8 Å². The lowest BCUT2D eigenvalue weighted by Gasteiger charge is -2.18. The van der Waals surface area contributed by atoms with Crippen molar-refractivity contribution in [3.05, 3.63) is 69.8 Å². The van der Waals surface area contributed by atoms with Crippen molar-refractivity contribution in [2.75, 3.05) is 6.26 Å². The quantitative estimate of drug-likeness (QED) is 0.287. The number of esters is 1. The van der Waals surface area contributed by atoms with Crippen LogP contribution in [0, 0.1) is 10.1 Å². The molecule has 2 rings (SSSR count). The normalized spacial score (nSPS) is 12.7. The van der Waals surface area contributed by atoms with E-state index < -0.39 is 22.9 Å². The number of amides is 1. The van der Waals surface area contributed by atoms with Crippen LogP contribution in [0.1, 0.15) is 36.2 Å². The Balaban J connectivity index is 1.90. The van der Waals surface area contributed by atoms with Gasteiger partial charge in [0.2, 0.25) is 0 Å². The van der Waals surface area contributed by atoms with Gasteiger partial charge in [-0.05, 0) is 50.6 Å². The fourth-order valence-corrected chi connectivity index (χ4v) is 3.25. The first-order valence-electron chi connectivity index (χ1n) is 9.19. The first-order valence-corrected chi connectivity index (χ1v) is 10.4. The van der Waals surface area contributed by atoms with Gasteiger partial charge in [-0.3, -0.25) is 14.9 Å². The summed E-state index contributed by atoms with van der Waals surface area (Å²) in [5, 5.41) is 14.0. The van der Waals surface area contributed by atoms with Crippen LogP contribution in [-0.2, 0) is 16.0 Å². The number of rotatable bonds is 9. The standard InChI is InChI=1S/C21H24N2O5S/c1-14(9-10-16-7-5-4-6-8-16)22-20(24)15(2)28-21(25)17-11-12-19(29-3)18(13-17)23(26)27/h4-8,11-15H,9-10H2,1-3H3,(H,22,24)/t14-,15+/m0/s1. The Hall–Kier alpha value is -2.87. The minimum atomic E-state index is -1.01. The molecule has 0 aliphatic heterocycles. The summed E-state index contributed by atoms with van der Waals surface area (Å²) < 4.78 is 5.19. The Morgan fingerprint density at radius 3 is 2.48 bits per heavy atom. The number of ether oxygens (including phenoxy) is 1. The van der Waals surface area contributed by atoms with Gasteiger partial charge in [0.15, 0.2) is 6.10 Å². The molecule has 0 heterocycles. The van der Waals surface area contributed by atoms with Crippen molar-refractivity contribution in [2.45, 2.75) is 43.7 Å². The largest absolute Gasteiger partial charge is 0.449 e. The lowest BCUT2D eigenvalue weighted by atomic mass is 10.1. The topological polar surface area (TPSA) is 98.5 Å². The molecule has 0 saturated heterocycles. The van der Waals surface area contributed by atoms with Crippen molar-refractivity contribution in [3.8, 4) is 0 Å². The number of nitrogens with zero attached hydrogens (tertiary/aromatic N) is 1. The number of hydrogen-bond donors (Lipinski definition) is 1. The first kappa shape index (κ1) is 22.4. The minimum Gasteiger partial charge on any atom is -0.449 e. The third kappa shape index (κ3) is 6.60. The van der Waals surface area contributed by atoms with Crippen LogP contribution in [0.25, 0.3) is 0 Å². The Morgan fingerprint density at radius 1 is 1.17 bits per heavy atom. The second kappa shape index (κ2) is 10.6. The summed E-state index contributed by atoms with van der Waals surface area (Å²) in [4.78, 5) is 35.7. The molecule has 2 aromatic rings. The average molecular weight is 416 g/mol. The van der Waals surface area contributed by atoms with Crippen molar-refractivity contribution in [3.63, 3.8) is 0 Å². The number of hydrogen-bond acceptors (Lipinski definition) is 6. The van der Waals surface area contributed by atoms with E-state index in [-0.39, 0.29) is 17.3 Å². The highest BCUT2D eigenvalue weighted by molar-refractivity contribution is 7.98. The van der Waals surface area contributed by atoms with Gasteiger partial charge in [-0.2, -0.15) is 0 Å². The summed E-state index contributed by atoms with van der Waals surface area (Å²) >= 11 is 1.21. The Morgan fingerprint density at radius 2 is 1.86 bits per heavy atom.